The number of carbonyl (C=O) groups is 2. The molecule has 1 fully saturated rings. The third kappa shape index (κ3) is 3.76. The summed E-state index contributed by atoms with van der Waals surface area (Å²) in [6, 6.07) is 4.21. The molecule has 2 amide bonds. The Balaban J connectivity index is 1.85. The lowest BCUT2D eigenvalue weighted by molar-refractivity contribution is -0.121. The van der Waals surface area contributed by atoms with E-state index in [9.17, 15) is 18.0 Å². The first-order chi connectivity index (χ1) is 12.4. The normalized spacial score (nSPS) is 14.9. The van der Waals surface area contributed by atoms with Crippen molar-refractivity contribution in [1.29, 1.82) is 0 Å². The third-order valence-corrected chi connectivity index (χ3v) is 6.02. The van der Waals surface area contributed by atoms with Gasteiger partial charge in [0.1, 0.15) is 10.6 Å². The minimum Gasteiger partial charge on any atom is -0.495 e. The Morgan fingerprint density at radius 3 is 2.62 bits per heavy atom. The lowest BCUT2D eigenvalue weighted by Crippen LogP contribution is -2.30. The quantitative estimate of drug-likeness (QED) is 0.709. The van der Waals surface area contributed by atoms with Gasteiger partial charge >= 0.3 is 0 Å². The van der Waals surface area contributed by atoms with Crippen molar-refractivity contribution in [2.75, 3.05) is 18.6 Å². The number of aromatic nitrogens is 1. The van der Waals surface area contributed by atoms with Gasteiger partial charge in [0.25, 0.3) is 0 Å². The highest BCUT2D eigenvalue weighted by molar-refractivity contribution is 7.89. The number of carbonyl (C=O) groups excluding carboxylic acids is 2. The number of rotatable bonds is 7. The van der Waals surface area contributed by atoms with Crippen LogP contribution in [0.4, 0.5) is 5.69 Å². The standard InChI is InChI=1S/C16H17N3O5S2/c1-24-13-3-2-12(19-15(20)4-5-16(19)21)8-14(13)26(22,23)18-7-6-11-9-25-10-17-11/h2-3,8-10,18H,4-7H2,1H3. The minimum absolute atomic E-state index is 0.122. The van der Waals surface area contributed by atoms with Gasteiger partial charge in [-0.1, -0.05) is 0 Å². The van der Waals surface area contributed by atoms with Gasteiger partial charge in [0.15, 0.2) is 0 Å². The molecule has 26 heavy (non-hydrogen) atoms. The van der Waals surface area contributed by atoms with E-state index in [1.54, 1.807) is 5.51 Å². The maximum Gasteiger partial charge on any atom is 0.244 e. The van der Waals surface area contributed by atoms with Crippen molar-refractivity contribution in [1.82, 2.24) is 9.71 Å². The van der Waals surface area contributed by atoms with Crippen LogP contribution in [0, 0.1) is 0 Å². The van der Waals surface area contributed by atoms with Gasteiger partial charge in [-0.25, -0.2) is 18.1 Å². The van der Waals surface area contributed by atoms with E-state index in [0.29, 0.717) is 6.42 Å². The van der Waals surface area contributed by atoms with Crippen LogP contribution in [0.1, 0.15) is 18.5 Å². The summed E-state index contributed by atoms with van der Waals surface area (Å²) in [5.74, 6) is -0.561. The number of ether oxygens (including phenoxy) is 1. The van der Waals surface area contributed by atoms with Crippen LogP contribution < -0.4 is 14.4 Å². The van der Waals surface area contributed by atoms with Crippen molar-refractivity contribution in [2.45, 2.75) is 24.2 Å². The number of hydrogen-bond acceptors (Lipinski definition) is 7. The highest BCUT2D eigenvalue weighted by atomic mass is 32.2. The number of nitrogens with one attached hydrogen (secondary N) is 1. The van der Waals surface area contributed by atoms with E-state index >= 15 is 0 Å². The van der Waals surface area contributed by atoms with E-state index < -0.39 is 10.0 Å². The second-order valence-electron chi connectivity index (χ2n) is 5.59. The first kappa shape index (κ1) is 18.5. The van der Waals surface area contributed by atoms with E-state index in [4.69, 9.17) is 4.74 Å². The zero-order chi connectivity index (χ0) is 18.7. The molecule has 1 aromatic heterocycles. The van der Waals surface area contributed by atoms with Crippen molar-refractivity contribution in [2.24, 2.45) is 0 Å². The van der Waals surface area contributed by atoms with Crippen LogP contribution in [0.2, 0.25) is 0 Å². The largest absolute Gasteiger partial charge is 0.495 e. The molecule has 0 radical (unpaired) electrons. The Morgan fingerprint density at radius 1 is 1.27 bits per heavy atom. The Kier molecular flexibility index (Phi) is 5.35. The molecule has 0 atom stereocenters. The molecule has 0 bridgehead atoms. The van der Waals surface area contributed by atoms with Crippen molar-refractivity contribution in [3.05, 3.63) is 34.8 Å². The maximum absolute atomic E-state index is 12.7. The molecule has 1 aliphatic rings. The lowest BCUT2D eigenvalue weighted by atomic mass is 10.2. The summed E-state index contributed by atoms with van der Waals surface area (Å²) >= 11 is 1.44. The number of methoxy groups -OCH3 is 1. The van der Waals surface area contributed by atoms with Crippen LogP contribution in [-0.4, -0.2) is 38.9 Å². The lowest BCUT2D eigenvalue weighted by Gasteiger charge is -2.17. The van der Waals surface area contributed by atoms with E-state index in [-0.39, 0.29) is 47.5 Å². The molecule has 2 heterocycles. The Morgan fingerprint density at radius 2 is 2.00 bits per heavy atom. The first-order valence-corrected chi connectivity index (χ1v) is 10.3. The smallest absolute Gasteiger partial charge is 0.244 e. The fourth-order valence-corrected chi connectivity index (χ4v) is 4.44. The summed E-state index contributed by atoms with van der Waals surface area (Å²) < 4.78 is 33.0. The number of hydrogen-bond donors (Lipinski definition) is 1. The molecular formula is C16H17N3O5S2. The highest BCUT2D eigenvalue weighted by Crippen LogP contribution is 2.31. The topological polar surface area (TPSA) is 106 Å². The highest BCUT2D eigenvalue weighted by Gasteiger charge is 2.32. The maximum atomic E-state index is 12.7. The van der Waals surface area contributed by atoms with E-state index in [2.05, 4.69) is 9.71 Å². The van der Waals surface area contributed by atoms with Gasteiger partial charge in [-0.3, -0.25) is 14.5 Å². The fourth-order valence-electron chi connectivity index (χ4n) is 2.63. The van der Waals surface area contributed by atoms with Crippen molar-refractivity contribution < 1.29 is 22.7 Å². The number of imide groups is 1. The Labute approximate surface area is 154 Å². The molecular weight excluding hydrogens is 378 g/mol. The molecule has 1 N–H and O–H groups in total. The van der Waals surface area contributed by atoms with Gasteiger partial charge in [-0.15, -0.1) is 11.3 Å². The van der Waals surface area contributed by atoms with Gasteiger partial charge in [0, 0.05) is 31.2 Å². The molecule has 0 aliphatic carbocycles. The van der Waals surface area contributed by atoms with Crippen molar-refractivity contribution >= 4 is 38.9 Å². The minimum atomic E-state index is -3.89. The zero-order valence-corrected chi connectivity index (χ0v) is 15.6. The average Bonchev–Trinajstić information content (AvgIpc) is 3.24. The van der Waals surface area contributed by atoms with E-state index in [1.807, 2.05) is 5.38 Å². The molecule has 8 nitrogen and oxygen atoms in total. The molecule has 0 unspecified atom stereocenters. The Hall–Kier alpha value is -2.30. The van der Waals surface area contributed by atoms with E-state index in [0.717, 1.165) is 10.6 Å². The summed E-state index contributed by atoms with van der Waals surface area (Å²) in [6.07, 6.45) is 0.700. The van der Waals surface area contributed by atoms with Gasteiger partial charge in [0.2, 0.25) is 21.8 Å². The molecule has 2 aromatic rings. The molecule has 0 saturated carbocycles. The van der Waals surface area contributed by atoms with Crippen LogP contribution in [0.5, 0.6) is 5.75 Å². The molecule has 0 spiro atoms. The third-order valence-electron chi connectivity index (χ3n) is 3.90. The van der Waals surface area contributed by atoms with Crippen LogP contribution in [-0.2, 0) is 26.0 Å². The fraction of sp³-hybridized carbons (Fsp3) is 0.312. The second kappa shape index (κ2) is 7.52. The summed E-state index contributed by atoms with van der Waals surface area (Å²) in [6.45, 7) is 0.168. The summed E-state index contributed by atoms with van der Waals surface area (Å²) in [7, 11) is -2.54. The monoisotopic (exact) mass is 395 g/mol. The van der Waals surface area contributed by atoms with Gasteiger partial charge in [-0.2, -0.15) is 0 Å². The number of nitrogens with zero attached hydrogens (tertiary/aromatic N) is 2. The summed E-state index contributed by atoms with van der Waals surface area (Å²) in [5, 5.41) is 1.85. The molecule has 1 aliphatic heterocycles. The molecule has 1 aromatic carbocycles. The van der Waals surface area contributed by atoms with Gasteiger partial charge in [-0.05, 0) is 18.2 Å². The summed E-state index contributed by atoms with van der Waals surface area (Å²) in [5.41, 5.74) is 2.70. The Bertz CT molecular complexity index is 909. The SMILES string of the molecule is COc1ccc(N2C(=O)CCC2=O)cc1S(=O)(=O)NCCc1cscn1. The number of benzene rings is 1. The van der Waals surface area contributed by atoms with Crippen LogP contribution in [0.15, 0.2) is 34.0 Å². The van der Waals surface area contributed by atoms with Crippen molar-refractivity contribution in [3.63, 3.8) is 0 Å². The second-order valence-corrected chi connectivity index (χ2v) is 8.04. The zero-order valence-electron chi connectivity index (χ0n) is 14.0. The van der Waals surface area contributed by atoms with Crippen LogP contribution in [0.3, 0.4) is 0 Å². The van der Waals surface area contributed by atoms with Crippen molar-refractivity contribution in [3.8, 4) is 5.75 Å². The number of amides is 2. The van der Waals surface area contributed by atoms with Gasteiger partial charge < -0.3 is 4.74 Å². The van der Waals surface area contributed by atoms with Gasteiger partial charge in [0.05, 0.1) is 24.0 Å². The van der Waals surface area contributed by atoms with E-state index in [1.165, 1.54) is 36.6 Å². The predicted molar refractivity (Wildman–Crippen MR) is 95.7 cm³/mol. The molecule has 3 rings (SSSR count). The van der Waals surface area contributed by atoms with Crippen LogP contribution >= 0.6 is 11.3 Å². The number of thiazole rings is 1. The molecule has 1 saturated heterocycles. The average molecular weight is 395 g/mol. The molecule has 138 valence electrons. The van der Waals surface area contributed by atoms with Crippen LogP contribution in [0.25, 0.3) is 0 Å². The number of sulfonamides is 1. The molecule has 10 heteroatoms. The number of anilines is 1. The summed E-state index contributed by atoms with van der Waals surface area (Å²) in [4.78, 5) is 28.8. The predicted octanol–water partition coefficient (Wildman–Crippen LogP) is 1.33. The first-order valence-electron chi connectivity index (χ1n) is 7.83.